The van der Waals surface area contributed by atoms with Gasteiger partial charge in [-0.3, -0.25) is 0 Å². The minimum Gasteiger partial charge on any atom is -0.0777 e. The van der Waals surface area contributed by atoms with Gasteiger partial charge in [0.15, 0.2) is 0 Å². The predicted octanol–water partition coefficient (Wildman–Crippen LogP) is 13.8. The van der Waals surface area contributed by atoms with Crippen molar-refractivity contribution in [3.8, 4) is 0 Å². The fourth-order valence-electron chi connectivity index (χ4n) is 14.5. The van der Waals surface area contributed by atoms with E-state index in [0.29, 0.717) is 16.2 Å². The molecule has 8 fully saturated rings. The lowest BCUT2D eigenvalue weighted by molar-refractivity contribution is -0.249. The van der Waals surface area contributed by atoms with Crippen LogP contribution in [0.25, 0.3) is 24.3 Å². The molecule has 2 unspecified atom stereocenters. The molecule has 8 bridgehead atoms. The van der Waals surface area contributed by atoms with Crippen LogP contribution < -0.4 is 0 Å². The van der Waals surface area contributed by atoms with Gasteiger partial charge in [-0.05, 0) is 144 Å². The SMILES string of the molecule is C(=C\C12CC3CC(C1)CC(C14CC5(/C=C/c6ccccc6)CC(/C=C/c6ccccc6)(CC(/C=C/c6ccccc6)(C5)C1)C4)(C3)C2)/c1ccccc1. The number of allylic oxidation sites excluding steroid dienone is 4. The van der Waals surface area contributed by atoms with Crippen LogP contribution in [0.2, 0.25) is 0 Å². The van der Waals surface area contributed by atoms with Gasteiger partial charge in [0, 0.05) is 0 Å². The van der Waals surface area contributed by atoms with E-state index in [1.165, 1.54) is 99.3 Å². The third-order valence-corrected chi connectivity index (χ3v) is 15.1. The Morgan fingerprint density at radius 3 is 0.981 bits per heavy atom. The summed E-state index contributed by atoms with van der Waals surface area (Å²) in [6.07, 6.45) is 37.5. The molecule has 0 aromatic heterocycles. The molecule has 8 aliphatic rings. The van der Waals surface area contributed by atoms with E-state index in [2.05, 4.69) is 170 Å². The van der Waals surface area contributed by atoms with Crippen molar-refractivity contribution in [3.63, 3.8) is 0 Å². The summed E-state index contributed by atoms with van der Waals surface area (Å²) in [5.41, 5.74) is 7.02. The average Bonchev–Trinajstić information content (AvgIpc) is 3.16. The Kier molecular flexibility index (Phi) is 7.62. The zero-order valence-corrected chi connectivity index (χ0v) is 30.8. The van der Waals surface area contributed by atoms with Crippen LogP contribution in [-0.2, 0) is 0 Å². The van der Waals surface area contributed by atoms with E-state index in [0.717, 1.165) is 11.8 Å². The van der Waals surface area contributed by atoms with Crippen molar-refractivity contribution in [1.82, 2.24) is 0 Å². The largest absolute Gasteiger partial charge is 0.0777 e. The molecule has 0 radical (unpaired) electrons. The monoisotopic (exact) mass is 678 g/mol. The van der Waals surface area contributed by atoms with Crippen LogP contribution in [0.3, 0.4) is 0 Å². The molecule has 0 nitrogen and oxygen atoms in total. The average molecular weight is 679 g/mol. The van der Waals surface area contributed by atoms with E-state index in [4.69, 9.17) is 0 Å². The Hall–Kier alpha value is -4.16. The molecule has 8 aliphatic carbocycles. The number of hydrogen-bond donors (Lipinski definition) is 0. The van der Waals surface area contributed by atoms with E-state index >= 15 is 0 Å². The minimum atomic E-state index is 0.184. The zero-order chi connectivity index (χ0) is 34.7. The van der Waals surface area contributed by atoms with Gasteiger partial charge in [0.25, 0.3) is 0 Å². The van der Waals surface area contributed by atoms with Crippen LogP contribution in [0.4, 0.5) is 0 Å². The first-order valence-electron chi connectivity index (χ1n) is 20.3. The van der Waals surface area contributed by atoms with E-state index in [1.54, 1.807) is 0 Å². The first-order chi connectivity index (χ1) is 25.4. The second-order valence-corrected chi connectivity index (χ2v) is 19.0. The molecule has 0 heteroatoms. The van der Waals surface area contributed by atoms with Crippen molar-refractivity contribution >= 4 is 24.3 Å². The third kappa shape index (κ3) is 5.73. The molecule has 52 heavy (non-hydrogen) atoms. The van der Waals surface area contributed by atoms with Crippen molar-refractivity contribution in [3.05, 3.63) is 168 Å². The van der Waals surface area contributed by atoms with Crippen molar-refractivity contribution in [1.29, 1.82) is 0 Å². The predicted molar refractivity (Wildman–Crippen MR) is 219 cm³/mol. The van der Waals surface area contributed by atoms with Gasteiger partial charge in [0.05, 0.1) is 0 Å². The molecular formula is C52H54. The van der Waals surface area contributed by atoms with Crippen LogP contribution in [-0.4, -0.2) is 0 Å². The Morgan fingerprint density at radius 1 is 0.327 bits per heavy atom. The maximum Gasteiger partial charge on any atom is -0.00929 e. The summed E-state index contributed by atoms with van der Waals surface area (Å²) < 4.78 is 0. The van der Waals surface area contributed by atoms with E-state index in [1.807, 2.05) is 0 Å². The molecule has 0 N–H and O–H groups in total. The molecule has 4 aromatic rings. The molecule has 8 saturated carbocycles. The highest BCUT2D eigenvalue weighted by Crippen LogP contribution is 2.83. The number of rotatable bonds is 9. The van der Waals surface area contributed by atoms with Crippen LogP contribution in [0.15, 0.2) is 146 Å². The molecule has 262 valence electrons. The van der Waals surface area contributed by atoms with Gasteiger partial charge in [0.1, 0.15) is 0 Å². The Morgan fingerprint density at radius 2 is 0.635 bits per heavy atom. The Balaban J connectivity index is 1.12. The van der Waals surface area contributed by atoms with Crippen LogP contribution >= 0.6 is 0 Å². The van der Waals surface area contributed by atoms with Crippen molar-refractivity contribution < 1.29 is 0 Å². The van der Waals surface area contributed by atoms with E-state index < -0.39 is 0 Å². The smallest absolute Gasteiger partial charge is 0.00929 e. The van der Waals surface area contributed by atoms with Gasteiger partial charge >= 0.3 is 0 Å². The molecule has 0 saturated heterocycles. The molecule has 4 aromatic carbocycles. The zero-order valence-electron chi connectivity index (χ0n) is 30.8. The Bertz CT molecular complexity index is 1830. The summed E-state index contributed by atoms with van der Waals surface area (Å²) in [5, 5.41) is 0. The number of benzene rings is 4. The molecule has 12 rings (SSSR count). The topological polar surface area (TPSA) is 0 Å². The fourth-order valence-corrected chi connectivity index (χ4v) is 14.5. The molecule has 0 aliphatic heterocycles. The second kappa shape index (κ2) is 12.2. The summed E-state index contributed by atoms with van der Waals surface area (Å²) >= 11 is 0. The van der Waals surface area contributed by atoms with Crippen LogP contribution in [0, 0.1) is 44.3 Å². The lowest BCUT2D eigenvalue weighted by Crippen LogP contribution is -2.68. The lowest BCUT2D eigenvalue weighted by Gasteiger charge is -2.77. The third-order valence-electron chi connectivity index (χ3n) is 15.1. The van der Waals surface area contributed by atoms with Gasteiger partial charge in [-0.15, -0.1) is 0 Å². The lowest BCUT2D eigenvalue weighted by atomic mass is 9.27. The summed E-state index contributed by atoms with van der Waals surface area (Å²) in [5.74, 6) is 1.74. The number of hydrogen-bond acceptors (Lipinski definition) is 0. The maximum atomic E-state index is 2.75. The van der Waals surface area contributed by atoms with Crippen LogP contribution in [0.5, 0.6) is 0 Å². The Labute approximate surface area is 312 Å². The van der Waals surface area contributed by atoms with Gasteiger partial charge in [-0.25, -0.2) is 0 Å². The van der Waals surface area contributed by atoms with Crippen molar-refractivity contribution in [2.75, 3.05) is 0 Å². The first-order valence-corrected chi connectivity index (χ1v) is 20.3. The van der Waals surface area contributed by atoms with Crippen LogP contribution in [0.1, 0.15) is 99.3 Å². The van der Waals surface area contributed by atoms with Gasteiger partial charge in [0.2, 0.25) is 0 Å². The summed E-state index contributed by atoms with van der Waals surface area (Å²) in [6, 6.07) is 44.6. The summed E-state index contributed by atoms with van der Waals surface area (Å²) in [6.45, 7) is 0. The standard InChI is InChI=1S/C52H54/c1-5-13-41(14-6-1)21-25-47-30-45-29-46(31-47)33-51(32-45,37-47)52-38-48(26-22-42-15-7-2-8-16-42)34-49(39-52,27-23-43-17-9-3-10-18-43)36-50(35-48,40-52)28-24-44-19-11-4-12-20-44/h1-28,45-46H,29-40H2/b25-21+,26-22+,27-23+,28-24+. The first kappa shape index (κ1) is 32.5. The van der Waals surface area contributed by atoms with Crippen molar-refractivity contribution in [2.45, 2.75) is 77.0 Å². The fraction of sp³-hybridized carbons (Fsp3) is 0.385. The second-order valence-electron chi connectivity index (χ2n) is 19.0. The molecule has 0 heterocycles. The minimum absolute atomic E-state index is 0.184. The van der Waals surface area contributed by atoms with Gasteiger partial charge < -0.3 is 0 Å². The molecule has 0 amide bonds. The molecule has 2 atom stereocenters. The van der Waals surface area contributed by atoms with Crippen molar-refractivity contribution in [2.24, 2.45) is 44.3 Å². The normalized spacial score (nSPS) is 38.8. The molecule has 0 spiro atoms. The highest BCUT2D eigenvalue weighted by atomic mass is 14.8. The van der Waals surface area contributed by atoms with E-state index in [9.17, 15) is 0 Å². The van der Waals surface area contributed by atoms with E-state index in [-0.39, 0.29) is 16.2 Å². The maximum absolute atomic E-state index is 2.75. The van der Waals surface area contributed by atoms with Gasteiger partial charge in [-0.2, -0.15) is 0 Å². The summed E-state index contributed by atoms with van der Waals surface area (Å²) in [4.78, 5) is 0. The highest BCUT2D eigenvalue weighted by molar-refractivity contribution is 5.55. The quantitative estimate of drug-likeness (QED) is 0.165. The summed E-state index contributed by atoms with van der Waals surface area (Å²) in [7, 11) is 0. The molecular weight excluding hydrogens is 625 g/mol. The highest BCUT2D eigenvalue weighted by Gasteiger charge is 2.73. The van der Waals surface area contributed by atoms with Gasteiger partial charge in [-0.1, -0.05) is 170 Å².